The molecule has 9 heteroatoms. The van der Waals surface area contributed by atoms with E-state index < -0.39 is 5.91 Å². The zero-order valence-corrected chi connectivity index (χ0v) is 16.0. The summed E-state index contributed by atoms with van der Waals surface area (Å²) in [6.45, 7) is -0.345. The number of hydrogen-bond donors (Lipinski definition) is 2. The van der Waals surface area contributed by atoms with E-state index in [1.54, 1.807) is 18.2 Å². The molecule has 1 fully saturated rings. The molecule has 4 rings (SSSR count). The molecule has 0 atom stereocenters. The average molecular weight is 408 g/mol. The minimum Gasteiger partial charge on any atom is -0.436 e. The lowest BCUT2D eigenvalue weighted by Gasteiger charge is -2.14. The summed E-state index contributed by atoms with van der Waals surface area (Å²) in [7, 11) is 0. The van der Waals surface area contributed by atoms with E-state index in [4.69, 9.17) is 16.6 Å². The standard InChI is InChI=1S/C20H16N4O4S/c25-16(11-24-17(26)8-9-18(24)27)23-20(29)21-13-5-3-4-12(10-13)19-22-14-6-1-2-7-15(14)28-19/h1-7,10H,8-9,11H2,(H2,21,23,25,29). The molecule has 0 aliphatic carbocycles. The number of fused-ring (bicyclic) bond motifs is 1. The molecule has 8 nitrogen and oxygen atoms in total. The smallest absolute Gasteiger partial charge is 0.246 e. The Morgan fingerprint density at radius 3 is 2.62 bits per heavy atom. The first kappa shape index (κ1) is 18.8. The maximum atomic E-state index is 12.1. The van der Waals surface area contributed by atoms with Crippen molar-refractivity contribution in [1.82, 2.24) is 15.2 Å². The molecular formula is C20H16N4O4S. The summed E-state index contributed by atoms with van der Waals surface area (Å²) < 4.78 is 5.76. The van der Waals surface area contributed by atoms with Crippen LogP contribution in [0.2, 0.25) is 0 Å². The van der Waals surface area contributed by atoms with Crippen LogP contribution in [0.3, 0.4) is 0 Å². The zero-order valence-electron chi connectivity index (χ0n) is 15.2. The molecular weight excluding hydrogens is 392 g/mol. The summed E-state index contributed by atoms with van der Waals surface area (Å²) in [5.74, 6) is -0.776. The molecule has 0 saturated carbocycles. The van der Waals surface area contributed by atoms with Crippen LogP contribution in [-0.2, 0) is 14.4 Å². The van der Waals surface area contributed by atoms with Crippen LogP contribution in [0.25, 0.3) is 22.6 Å². The number of carbonyl (C=O) groups is 3. The van der Waals surface area contributed by atoms with Crippen molar-refractivity contribution in [3.8, 4) is 11.5 Å². The van der Waals surface area contributed by atoms with Gasteiger partial charge in [0.1, 0.15) is 12.1 Å². The van der Waals surface area contributed by atoms with Crippen molar-refractivity contribution in [1.29, 1.82) is 0 Å². The van der Waals surface area contributed by atoms with Crippen molar-refractivity contribution in [2.45, 2.75) is 12.8 Å². The Kier molecular flexibility index (Phi) is 5.05. The van der Waals surface area contributed by atoms with Crippen molar-refractivity contribution in [3.05, 3.63) is 48.5 Å². The summed E-state index contributed by atoms with van der Waals surface area (Å²) >= 11 is 5.15. The molecule has 0 unspecified atom stereocenters. The largest absolute Gasteiger partial charge is 0.436 e. The number of hydrogen-bond acceptors (Lipinski definition) is 6. The number of benzene rings is 2. The number of nitrogens with one attached hydrogen (secondary N) is 2. The van der Waals surface area contributed by atoms with Gasteiger partial charge in [0.05, 0.1) is 0 Å². The van der Waals surface area contributed by atoms with Gasteiger partial charge in [0.25, 0.3) is 0 Å². The normalized spacial score (nSPS) is 13.7. The van der Waals surface area contributed by atoms with Gasteiger partial charge in [0, 0.05) is 24.1 Å². The molecule has 2 heterocycles. The van der Waals surface area contributed by atoms with Crippen molar-refractivity contribution >= 4 is 51.8 Å². The molecule has 2 aromatic carbocycles. The molecule has 146 valence electrons. The second-order valence-electron chi connectivity index (χ2n) is 6.44. The van der Waals surface area contributed by atoms with Gasteiger partial charge >= 0.3 is 0 Å². The number of rotatable bonds is 4. The molecule has 1 aromatic heterocycles. The topological polar surface area (TPSA) is 105 Å². The zero-order chi connectivity index (χ0) is 20.4. The molecule has 1 aliphatic heterocycles. The third-order valence-corrected chi connectivity index (χ3v) is 4.57. The van der Waals surface area contributed by atoms with Gasteiger partial charge in [-0.1, -0.05) is 18.2 Å². The highest BCUT2D eigenvalue weighted by Gasteiger charge is 2.30. The average Bonchev–Trinajstić information content (AvgIpc) is 3.26. The fraction of sp³-hybridized carbons (Fsp3) is 0.150. The predicted octanol–water partition coefficient (Wildman–Crippen LogP) is 2.46. The Morgan fingerprint density at radius 2 is 1.86 bits per heavy atom. The minimum absolute atomic E-state index is 0.0591. The van der Waals surface area contributed by atoms with Crippen LogP contribution in [0.5, 0.6) is 0 Å². The number of oxazole rings is 1. The number of anilines is 1. The number of thiocarbonyl (C=S) groups is 1. The van der Waals surface area contributed by atoms with Crippen LogP contribution in [0.1, 0.15) is 12.8 Å². The molecule has 29 heavy (non-hydrogen) atoms. The third kappa shape index (κ3) is 4.14. The highest BCUT2D eigenvalue weighted by molar-refractivity contribution is 7.80. The number of aromatic nitrogens is 1. The van der Waals surface area contributed by atoms with Gasteiger partial charge < -0.3 is 15.1 Å². The van der Waals surface area contributed by atoms with Crippen LogP contribution < -0.4 is 10.6 Å². The van der Waals surface area contributed by atoms with E-state index in [2.05, 4.69) is 15.6 Å². The van der Waals surface area contributed by atoms with E-state index in [0.717, 1.165) is 16.0 Å². The van der Waals surface area contributed by atoms with E-state index in [1.807, 2.05) is 30.3 Å². The van der Waals surface area contributed by atoms with E-state index >= 15 is 0 Å². The monoisotopic (exact) mass is 408 g/mol. The number of likely N-dealkylation sites (tertiary alicyclic amines) is 1. The third-order valence-electron chi connectivity index (χ3n) is 4.37. The summed E-state index contributed by atoms with van der Waals surface area (Å²) in [6.07, 6.45) is 0.273. The molecule has 3 aromatic rings. The molecule has 0 radical (unpaired) electrons. The Bertz CT molecular complexity index is 1090. The van der Waals surface area contributed by atoms with Crippen LogP contribution in [-0.4, -0.2) is 39.3 Å². The molecule has 0 bridgehead atoms. The van der Waals surface area contributed by atoms with Crippen LogP contribution >= 0.6 is 12.2 Å². The molecule has 1 aliphatic rings. The van der Waals surface area contributed by atoms with Crippen molar-refractivity contribution in [2.75, 3.05) is 11.9 Å². The fourth-order valence-corrected chi connectivity index (χ4v) is 3.23. The van der Waals surface area contributed by atoms with Gasteiger partial charge in [-0.15, -0.1) is 0 Å². The number of imide groups is 1. The first-order valence-corrected chi connectivity index (χ1v) is 9.30. The lowest BCUT2D eigenvalue weighted by Crippen LogP contribution is -2.43. The molecule has 2 N–H and O–H groups in total. The quantitative estimate of drug-likeness (QED) is 0.505. The second-order valence-corrected chi connectivity index (χ2v) is 6.85. The number of para-hydroxylation sites is 2. The van der Waals surface area contributed by atoms with Crippen molar-refractivity contribution < 1.29 is 18.8 Å². The predicted molar refractivity (Wildman–Crippen MR) is 110 cm³/mol. The first-order chi connectivity index (χ1) is 14.0. The van der Waals surface area contributed by atoms with Gasteiger partial charge in [0.2, 0.25) is 23.6 Å². The number of nitrogens with zero attached hydrogens (tertiary/aromatic N) is 2. The summed E-state index contributed by atoms with van der Waals surface area (Å²) in [4.78, 5) is 40.7. The lowest BCUT2D eigenvalue weighted by atomic mass is 10.2. The van der Waals surface area contributed by atoms with E-state index in [-0.39, 0.29) is 36.3 Å². The van der Waals surface area contributed by atoms with Crippen LogP contribution in [0.15, 0.2) is 52.9 Å². The van der Waals surface area contributed by atoms with Crippen LogP contribution in [0.4, 0.5) is 5.69 Å². The van der Waals surface area contributed by atoms with Gasteiger partial charge in [-0.25, -0.2) is 4.98 Å². The Balaban J connectivity index is 1.41. The molecule has 0 spiro atoms. The van der Waals surface area contributed by atoms with Crippen molar-refractivity contribution in [2.24, 2.45) is 0 Å². The Morgan fingerprint density at radius 1 is 1.10 bits per heavy atom. The van der Waals surface area contributed by atoms with E-state index in [1.165, 1.54) is 0 Å². The first-order valence-electron chi connectivity index (χ1n) is 8.89. The van der Waals surface area contributed by atoms with Crippen molar-refractivity contribution in [3.63, 3.8) is 0 Å². The van der Waals surface area contributed by atoms with Crippen LogP contribution in [0, 0.1) is 0 Å². The van der Waals surface area contributed by atoms with Gasteiger partial charge in [-0.05, 0) is 42.5 Å². The second kappa shape index (κ2) is 7.80. The van der Waals surface area contributed by atoms with E-state index in [9.17, 15) is 14.4 Å². The summed E-state index contributed by atoms with van der Waals surface area (Å²) in [6, 6.07) is 14.7. The highest BCUT2D eigenvalue weighted by Crippen LogP contribution is 2.26. The fourth-order valence-electron chi connectivity index (χ4n) is 3.00. The minimum atomic E-state index is -0.541. The van der Waals surface area contributed by atoms with Gasteiger partial charge in [0.15, 0.2) is 10.7 Å². The maximum absolute atomic E-state index is 12.1. The molecule has 3 amide bonds. The van der Waals surface area contributed by atoms with Gasteiger partial charge in [-0.2, -0.15) is 0 Å². The Hall–Kier alpha value is -3.59. The van der Waals surface area contributed by atoms with Gasteiger partial charge in [-0.3, -0.25) is 19.3 Å². The molecule has 1 saturated heterocycles. The SMILES string of the molecule is O=C(CN1C(=O)CCC1=O)NC(=S)Nc1cccc(-c2nc3ccccc3o2)c1. The van der Waals surface area contributed by atoms with E-state index in [0.29, 0.717) is 17.2 Å². The number of carbonyl (C=O) groups excluding carboxylic acids is 3. The lowest BCUT2D eigenvalue weighted by molar-refractivity contribution is -0.142. The maximum Gasteiger partial charge on any atom is 0.246 e. The number of amides is 3. The summed E-state index contributed by atoms with van der Waals surface area (Å²) in [5.41, 5.74) is 2.82. The summed E-state index contributed by atoms with van der Waals surface area (Å²) in [5, 5.41) is 5.44. The Labute approximate surface area is 170 Å². The highest BCUT2D eigenvalue weighted by atomic mass is 32.1.